The van der Waals surface area contributed by atoms with Gasteiger partial charge in [0.05, 0.1) is 12.6 Å². The molecule has 2 aromatic rings. The monoisotopic (exact) mass is 245 g/mol. The van der Waals surface area contributed by atoms with E-state index in [1.165, 1.54) is 18.7 Å². The van der Waals surface area contributed by atoms with E-state index in [0.717, 1.165) is 18.2 Å². The van der Waals surface area contributed by atoms with Crippen molar-refractivity contribution in [2.24, 2.45) is 0 Å². The van der Waals surface area contributed by atoms with Crippen LogP contribution in [0.4, 0.5) is 0 Å². The maximum atomic E-state index is 11.0. The molecular formula is C14H15NO3. The number of nitrogens with zero attached hydrogens (tertiary/aromatic N) is 1. The van der Waals surface area contributed by atoms with Gasteiger partial charge in [-0.2, -0.15) is 0 Å². The van der Waals surface area contributed by atoms with Crippen LogP contribution in [0.3, 0.4) is 0 Å². The maximum Gasteiger partial charge on any atom is 0.354 e. The van der Waals surface area contributed by atoms with Crippen molar-refractivity contribution < 1.29 is 14.6 Å². The number of carboxylic acids is 1. The van der Waals surface area contributed by atoms with Gasteiger partial charge in [-0.25, -0.2) is 9.78 Å². The molecule has 4 nitrogen and oxygen atoms in total. The minimum Gasteiger partial charge on any atom is -0.496 e. The van der Waals surface area contributed by atoms with Crippen molar-refractivity contribution in [3.05, 3.63) is 35.5 Å². The number of rotatable bonds is 4. The van der Waals surface area contributed by atoms with E-state index in [4.69, 9.17) is 9.84 Å². The van der Waals surface area contributed by atoms with Crippen molar-refractivity contribution in [2.45, 2.75) is 19.8 Å². The summed E-state index contributed by atoms with van der Waals surface area (Å²) >= 11 is 0. The van der Waals surface area contributed by atoms with E-state index in [9.17, 15) is 4.79 Å². The predicted molar refractivity (Wildman–Crippen MR) is 69.2 cm³/mol. The van der Waals surface area contributed by atoms with Crippen molar-refractivity contribution in [2.75, 3.05) is 7.11 Å². The van der Waals surface area contributed by atoms with Gasteiger partial charge in [-0.15, -0.1) is 0 Å². The zero-order valence-electron chi connectivity index (χ0n) is 10.4. The van der Waals surface area contributed by atoms with Crippen LogP contribution in [0.25, 0.3) is 10.9 Å². The minimum absolute atomic E-state index is 0.00240. The fourth-order valence-corrected chi connectivity index (χ4v) is 1.96. The van der Waals surface area contributed by atoms with Crippen molar-refractivity contribution in [1.82, 2.24) is 4.98 Å². The van der Waals surface area contributed by atoms with Crippen LogP contribution >= 0.6 is 0 Å². The van der Waals surface area contributed by atoms with Gasteiger partial charge in [0.15, 0.2) is 5.69 Å². The number of hydrogen-bond donors (Lipinski definition) is 1. The average Bonchev–Trinajstić information content (AvgIpc) is 2.37. The summed E-state index contributed by atoms with van der Waals surface area (Å²) in [5.41, 5.74) is 1.85. The Labute approximate surface area is 105 Å². The number of carbonyl (C=O) groups is 1. The average molecular weight is 245 g/mol. The van der Waals surface area contributed by atoms with E-state index in [2.05, 4.69) is 11.9 Å². The summed E-state index contributed by atoms with van der Waals surface area (Å²) in [6.45, 7) is 2.12. The molecule has 0 fully saturated rings. The van der Waals surface area contributed by atoms with Gasteiger partial charge in [-0.3, -0.25) is 0 Å². The lowest BCUT2D eigenvalue weighted by Gasteiger charge is -2.08. The van der Waals surface area contributed by atoms with Crippen LogP contribution in [0, 0.1) is 0 Å². The van der Waals surface area contributed by atoms with Crippen LogP contribution in [0.5, 0.6) is 5.75 Å². The summed E-state index contributed by atoms with van der Waals surface area (Å²) < 4.78 is 5.25. The molecule has 1 aromatic heterocycles. The smallest absolute Gasteiger partial charge is 0.354 e. The number of ether oxygens (including phenoxy) is 1. The topological polar surface area (TPSA) is 59.4 Å². The lowest BCUT2D eigenvalue weighted by Crippen LogP contribution is -2.02. The molecule has 0 aliphatic heterocycles. The molecule has 0 saturated heterocycles. The summed E-state index contributed by atoms with van der Waals surface area (Å²) in [5, 5.41) is 9.84. The van der Waals surface area contributed by atoms with Crippen molar-refractivity contribution >= 4 is 16.9 Å². The quantitative estimate of drug-likeness (QED) is 0.899. The third-order valence-electron chi connectivity index (χ3n) is 2.81. The number of benzene rings is 1. The van der Waals surface area contributed by atoms with Gasteiger partial charge in [0.2, 0.25) is 0 Å². The lowest BCUT2D eigenvalue weighted by molar-refractivity contribution is 0.0690. The molecule has 4 heteroatoms. The molecule has 0 spiro atoms. The summed E-state index contributed by atoms with van der Waals surface area (Å²) in [7, 11) is 1.53. The Hall–Kier alpha value is -2.10. The highest BCUT2D eigenvalue weighted by Gasteiger charge is 2.11. The van der Waals surface area contributed by atoms with Gasteiger partial charge in [0.1, 0.15) is 5.75 Å². The van der Waals surface area contributed by atoms with Gasteiger partial charge >= 0.3 is 5.97 Å². The summed E-state index contributed by atoms with van der Waals surface area (Å²) in [5.74, 6) is -0.497. The number of methoxy groups -OCH3 is 1. The number of aromatic nitrogens is 1. The van der Waals surface area contributed by atoms with E-state index in [0.29, 0.717) is 11.3 Å². The van der Waals surface area contributed by atoms with E-state index in [-0.39, 0.29) is 5.69 Å². The van der Waals surface area contributed by atoms with Crippen LogP contribution in [0.1, 0.15) is 29.4 Å². The molecule has 0 radical (unpaired) electrons. The molecule has 0 aliphatic rings. The third-order valence-corrected chi connectivity index (χ3v) is 2.81. The fraction of sp³-hybridized carbons (Fsp3) is 0.286. The van der Waals surface area contributed by atoms with Gasteiger partial charge in [0.25, 0.3) is 0 Å². The maximum absolute atomic E-state index is 11.0. The molecule has 0 unspecified atom stereocenters. The zero-order valence-corrected chi connectivity index (χ0v) is 10.4. The molecule has 0 bridgehead atoms. The Morgan fingerprint density at radius 1 is 1.39 bits per heavy atom. The second-order valence-electron chi connectivity index (χ2n) is 4.12. The number of fused-ring (bicyclic) bond motifs is 1. The van der Waals surface area contributed by atoms with Crippen molar-refractivity contribution in [3.63, 3.8) is 0 Å². The van der Waals surface area contributed by atoms with Gasteiger partial charge in [-0.1, -0.05) is 19.4 Å². The van der Waals surface area contributed by atoms with Crippen LogP contribution < -0.4 is 4.74 Å². The first-order chi connectivity index (χ1) is 8.65. The normalized spacial score (nSPS) is 10.6. The molecule has 2 rings (SSSR count). The Kier molecular flexibility index (Phi) is 3.46. The number of aryl methyl sites for hydroxylation is 1. The van der Waals surface area contributed by atoms with E-state index < -0.39 is 5.97 Å². The molecular weight excluding hydrogens is 230 g/mol. The SMILES string of the molecule is CCCc1ccc2nc(C(=O)O)cc(OC)c2c1. The zero-order chi connectivity index (χ0) is 13.1. The second kappa shape index (κ2) is 5.04. The molecule has 1 N–H and O–H groups in total. The standard InChI is InChI=1S/C14H15NO3/c1-3-4-9-5-6-11-10(7-9)13(18-2)8-12(15-11)14(16)17/h5-8H,3-4H2,1-2H3,(H,16,17). The number of carboxylic acid groups (broad SMARTS) is 1. The molecule has 0 amide bonds. The molecule has 0 saturated carbocycles. The van der Waals surface area contributed by atoms with Crippen LogP contribution in [0.2, 0.25) is 0 Å². The van der Waals surface area contributed by atoms with Crippen molar-refractivity contribution in [3.8, 4) is 5.75 Å². The predicted octanol–water partition coefficient (Wildman–Crippen LogP) is 2.89. The van der Waals surface area contributed by atoms with Crippen LogP contribution in [-0.4, -0.2) is 23.2 Å². The summed E-state index contributed by atoms with van der Waals surface area (Å²) in [4.78, 5) is 15.1. The highest BCUT2D eigenvalue weighted by atomic mass is 16.5. The van der Waals surface area contributed by atoms with Crippen LogP contribution in [0.15, 0.2) is 24.3 Å². The Bertz CT molecular complexity index is 593. The van der Waals surface area contributed by atoms with Gasteiger partial charge in [-0.05, 0) is 24.1 Å². The van der Waals surface area contributed by atoms with Crippen molar-refractivity contribution in [1.29, 1.82) is 0 Å². The molecule has 1 aromatic carbocycles. The Morgan fingerprint density at radius 3 is 2.78 bits per heavy atom. The number of pyridine rings is 1. The van der Waals surface area contributed by atoms with Gasteiger partial charge < -0.3 is 9.84 Å². The molecule has 0 atom stereocenters. The molecule has 94 valence electrons. The van der Waals surface area contributed by atoms with E-state index in [1.807, 2.05) is 18.2 Å². The molecule has 0 aliphatic carbocycles. The molecule has 18 heavy (non-hydrogen) atoms. The second-order valence-corrected chi connectivity index (χ2v) is 4.12. The van der Waals surface area contributed by atoms with Gasteiger partial charge in [0, 0.05) is 11.5 Å². The van der Waals surface area contributed by atoms with E-state index >= 15 is 0 Å². The largest absolute Gasteiger partial charge is 0.496 e. The molecule has 1 heterocycles. The Balaban J connectivity index is 2.63. The number of hydrogen-bond acceptors (Lipinski definition) is 3. The van der Waals surface area contributed by atoms with Crippen LogP contribution in [-0.2, 0) is 6.42 Å². The minimum atomic E-state index is -1.05. The highest BCUT2D eigenvalue weighted by molar-refractivity contribution is 5.93. The first-order valence-corrected chi connectivity index (χ1v) is 5.86. The van der Waals surface area contributed by atoms with E-state index in [1.54, 1.807) is 0 Å². The number of aromatic carboxylic acids is 1. The summed E-state index contributed by atoms with van der Waals surface area (Å²) in [6.07, 6.45) is 2.05. The lowest BCUT2D eigenvalue weighted by atomic mass is 10.1. The first kappa shape index (κ1) is 12.4. The fourth-order valence-electron chi connectivity index (χ4n) is 1.96. The first-order valence-electron chi connectivity index (χ1n) is 5.86. The summed E-state index contributed by atoms with van der Waals surface area (Å²) in [6, 6.07) is 7.29. The Morgan fingerprint density at radius 2 is 2.17 bits per heavy atom. The highest BCUT2D eigenvalue weighted by Crippen LogP contribution is 2.26. The third kappa shape index (κ3) is 2.27.